The van der Waals surface area contributed by atoms with Crippen molar-refractivity contribution in [3.8, 4) is 22.5 Å². The lowest BCUT2D eigenvalue weighted by Gasteiger charge is -2.49. The molecule has 0 saturated carbocycles. The fourth-order valence-electron chi connectivity index (χ4n) is 10.4. The molecule has 1 unspecified atom stereocenters. The van der Waals surface area contributed by atoms with E-state index in [1.807, 2.05) is 37.1 Å². The molecule has 7 heterocycles. The van der Waals surface area contributed by atoms with Crippen LogP contribution in [0.3, 0.4) is 0 Å². The van der Waals surface area contributed by atoms with Gasteiger partial charge in [0, 0.05) is 97.7 Å². The Kier molecular flexibility index (Phi) is 13.0. The first-order valence-electron chi connectivity index (χ1n) is 22.8. The first-order chi connectivity index (χ1) is 30.5. The number of likely N-dealkylation sites (N-methyl/N-ethyl adjacent to an activating group) is 1. The number of hydrogen-bond acceptors (Lipinski definition) is 11. The Bertz CT molecular complexity index is 2400. The lowest BCUT2D eigenvalue weighted by molar-refractivity contribution is -0.155. The number of aromatic nitrogens is 3. The van der Waals surface area contributed by atoms with E-state index in [0.717, 1.165) is 64.2 Å². The number of likely N-dealkylation sites (tertiary alicyclic amines) is 2. The summed E-state index contributed by atoms with van der Waals surface area (Å²) >= 11 is 1.44. The summed E-state index contributed by atoms with van der Waals surface area (Å²) in [6.07, 6.45) is 4.38. The Hall–Kier alpha value is -4.90. The second kappa shape index (κ2) is 18.2. The van der Waals surface area contributed by atoms with E-state index in [0.29, 0.717) is 50.4 Å². The number of amides is 4. The number of ether oxygens (including phenoxy) is 2. The molecule has 64 heavy (non-hydrogen) atoms. The molecule has 4 aliphatic heterocycles. The number of urea groups is 1. The van der Waals surface area contributed by atoms with Crippen molar-refractivity contribution in [2.24, 2.45) is 16.7 Å². The summed E-state index contributed by atoms with van der Waals surface area (Å²) in [4.78, 5) is 72.4. The number of thiazole rings is 1. The predicted octanol–water partition coefficient (Wildman–Crippen LogP) is 5.92. The highest BCUT2D eigenvalue weighted by Gasteiger charge is 2.50. The molecular formula is C48H65N9O6S. The molecular weight excluding hydrogens is 831 g/mol. The van der Waals surface area contributed by atoms with Gasteiger partial charge >= 0.3 is 12.0 Å². The molecule has 8 rings (SSSR count). The summed E-state index contributed by atoms with van der Waals surface area (Å²) in [6, 6.07) is 7.68. The fraction of sp³-hybridized carbons (Fsp3) is 0.583. The number of carbonyl (C=O) groups excluding carboxylic acids is 4. The van der Waals surface area contributed by atoms with Crippen LogP contribution < -0.4 is 10.7 Å². The first kappa shape index (κ1) is 45.7. The number of cyclic esters (lactones) is 1. The third kappa shape index (κ3) is 8.90. The molecule has 4 aromatic rings. The van der Waals surface area contributed by atoms with Crippen LogP contribution >= 0.6 is 11.3 Å². The van der Waals surface area contributed by atoms with Crippen LogP contribution in [-0.4, -0.2) is 137 Å². The van der Waals surface area contributed by atoms with Gasteiger partial charge in [-0.3, -0.25) is 24.4 Å². The van der Waals surface area contributed by atoms with Gasteiger partial charge in [0.05, 0.1) is 34.8 Å². The van der Waals surface area contributed by atoms with Crippen molar-refractivity contribution in [3.05, 3.63) is 58.2 Å². The molecule has 0 aliphatic carbocycles. The number of carbonyl (C=O) groups is 4. The molecule has 3 aromatic heterocycles. The summed E-state index contributed by atoms with van der Waals surface area (Å²) in [6.45, 7) is 16.7. The number of esters is 1. The zero-order chi connectivity index (χ0) is 45.7. The zero-order valence-electron chi connectivity index (χ0n) is 38.9. The Balaban J connectivity index is 1.15. The number of methoxy groups -OCH3 is 1. The van der Waals surface area contributed by atoms with Crippen LogP contribution in [0.25, 0.3) is 33.4 Å². The van der Waals surface area contributed by atoms with E-state index >= 15 is 0 Å². The maximum absolute atomic E-state index is 14.6. The Morgan fingerprint density at radius 1 is 1.12 bits per heavy atom. The molecule has 6 bridgehead atoms. The van der Waals surface area contributed by atoms with Crippen molar-refractivity contribution in [2.45, 2.75) is 104 Å². The van der Waals surface area contributed by atoms with Gasteiger partial charge in [-0.05, 0) is 88.9 Å². The smallest absolute Gasteiger partial charge is 0.324 e. The predicted molar refractivity (Wildman–Crippen MR) is 247 cm³/mol. The van der Waals surface area contributed by atoms with Crippen LogP contribution in [0.4, 0.5) is 4.79 Å². The van der Waals surface area contributed by atoms with Gasteiger partial charge in [0.25, 0.3) is 5.91 Å². The molecule has 16 heteroatoms. The average Bonchev–Trinajstić information content (AvgIpc) is 3.99. The molecule has 15 nitrogen and oxygen atoms in total. The zero-order valence-corrected chi connectivity index (χ0v) is 39.7. The van der Waals surface area contributed by atoms with Gasteiger partial charge < -0.3 is 34.1 Å². The number of rotatable bonds is 8. The lowest BCUT2D eigenvalue weighted by atomic mass is 9.79. The number of nitrogens with one attached hydrogen (secondary N) is 2. The van der Waals surface area contributed by atoms with E-state index in [4.69, 9.17) is 19.4 Å². The standard InChI is InChI=1S/C48H65N9O6S/c1-10-56-38-16-15-31-21-33(38)34(42(56)32-13-11-18-49-40(32)30(4)62-9)23-47(5,6)28-63-45(60)35-14-12-19-57(52-35)44(59)36(22-39-50-37(31)24-64-39)51-43(58)41(29(2)3)54(8)46(61)55-26-48(27-55)17-20-53(7)25-48/h11,13,15-16,18,21,24,29-30,35-36,41,52H,10,12,14,17,19-20,22-23,25-28H2,1-9H3,(H,51,58)/t30-,35-,36-,41?/m0/s1. The monoisotopic (exact) mass is 895 g/mol. The van der Waals surface area contributed by atoms with Crippen LogP contribution in [0.1, 0.15) is 83.2 Å². The van der Waals surface area contributed by atoms with E-state index in [2.05, 4.69) is 72.3 Å². The molecule has 4 amide bonds. The normalized spacial score (nSPS) is 22.3. The number of aryl methyl sites for hydroxylation is 1. The van der Waals surface area contributed by atoms with Crippen LogP contribution in [-0.2, 0) is 43.2 Å². The quantitative estimate of drug-likeness (QED) is 0.204. The minimum atomic E-state index is -1.03. The molecule has 344 valence electrons. The van der Waals surface area contributed by atoms with Gasteiger partial charge in [0.2, 0.25) is 5.91 Å². The van der Waals surface area contributed by atoms with Gasteiger partial charge in [-0.1, -0.05) is 33.8 Å². The maximum Gasteiger partial charge on any atom is 0.324 e. The molecule has 4 atom stereocenters. The number of hydrogen-bond donors (Lipinski definition) is 2. The summed E-state index contributed by atoms with van der Waals surface area (Å²) in [5.41, 5.74) is 9.55. The van der Waals surface area contributed by atoms with Crippen molar-refractivity contribution in [3.63, 3.8) is 0 Å². The van der Waals surface area contributed by atoms with Crippen LogP contribution in [0.5, 0.6) is 0 Å². The van der Waals surface area contributed by atoms with Gasteiger partial charge in [0.15, 0.2) is 0 Å². The number of hydrazine groups is 1. The highest BCUT2D eigenvalue weighted by molar-refractivity contribution is 7.10. The number of fused-ring (bicyclic) bond motifs is 6. The average molecular weight is 896 g/mol. The van der Waals surface area contributed by atoms with E-state index in [9.17, 15) is 19.2 Å². The summed E-state index contributed by atoms with van der Waals surface area (Å²) in [5.74, 6) is -1.47. The molecule has 3 fully saturated rings. The van der Waals surface area contributed by atoms with Crippen molar-refractivity contribution in [1.82, 2.24) is 45.0 Å². The summed E-state index contributed by atoms with van der Waals surface area (Å²) < 4.78 is 14.3. The van der Waals surface area contributed by atoms with Crippen molar-refractivity contribution < 1.29 is 28.7 Å². The van der Waals surface area contributed by atoms with Gasteiger partial charge in [-0.25, -0.2) is 15.2 Å². The number of benzene rings is 1. The van der Waals surface area contributed by atoms with Crippen molar-refractivity contribution in [2.75, 3.05) is 60.5 Å². The van der Waals surface area contributed by atoms with E-state index in [1.54, 1.807) is 20.4 Å². The summed E-state index contributed by atoms with van der Waals surface area (Å²) in [5, 5.41) is 8.26. The minimum Gasteiger partial charge on any atom is -0.464 e. The second-order valence-electron chi connectivity index (χ2n) is 19.7. The Morgan fingerprint density at radius 2 is 1.91 bits per heavy atom. The van der Waals surface area contributed by atoms with Crippen molar-refractivity contribution >= 4 is 46.1 Å². The molecule has 0 radical (unpaired) electrons. The third-order valence-corrected chi connectivity index (χ3v) is 14.6. The van der Waals surface area contributed by atoms with Crippen LogP contribution in [0.2, 0.25) is 0 Å². The van der Waals surface area contributed by atoms with Crippen LogP contribution in [0, 0.1) is 16.7 Å². The third-order valence-electron chi connectivity index (χ3n) is 13.7. The maximum atomic E-state index is 14.6. The first-order valence-corrected chi connectivity index (χ1v) is 23.7. The molecule has 1 aromatic carbocycles. The van der Waals surface area contributed by atoms with Gasteiger partial charge in [0.1, 0.15) is 18.1 Å². The largest absolute Gasteiger partial charge is 0.464 e. The SMILES string of the molecule is CCn1c(-c2cccnc2[C@H](C)OC)c2c3cc(ccc31)-c1csc(n1)C[C@H](NC(=O)C(C(C)C)N(C)C(=O)N1CC3(CCN(C)C3)C1)C(=O)N1CCC[C@H](N1)C(=O)OCC(C)(C)C2. The highest BCUT2D eigenvalue weighted by atomic mass is 32.1. The molecule has 4 aliphatic rings. The summed E-state index contributed by atoms with van der Waals surface area (Å²) in [7, 11) is 5.48. The molecule has 3 saturated heterocycles. The molecule has 2 N–H and O–H groups in total. The highest BCUT2D eigenvalue weighted by Crippen LogP contribution is 2.43. The fourth-order valence-corrected chi connectivity index (χ4v) is 11.3. The van der Waals surface area contributed by atoms with E-state index < -0.39 is 35.4 Å². The second-order valence-corrected chi connectivity index (χ2v) is 20.6. The molecule has 1 spiro atoms. The van der Waals surface area contributed by atoms with Crippen molar-refractivity contribution in [1.29, 1.82) is 0 Å². The van der Waals surface area contributed by atoms with Crippen LogP contribution in [0.15, 0.2) is 41.9 Å². The van der Waals surface area contributed by atoms with Gasteiger partial charge in [-0.15, -0.1) is 11.3 Å². The topological polar surface area (TPSA) is 154 Å². The van der Waals surface area contributed by atoms with E-state index in [-0.39, 0.29) is 42.4 Å². The number of nitrogens with zero attached hydrogens (tertiary/aromatic N) is 7. The lowest BCUT2D eigenvalue weighted by Crippen LogP contribution is -2.65. The number of pyridine rings is 1. The minimum absolute atomic E-state index is 0.118. The van der Waals surface area contributed by atoms with Gasteiger partial charge in [-0.2, -0.15) is 0 Å². The Labute approximate surface area is 380 Å². The Morgan fingerprint density at radius 3 is 2.61 bits per heavy atom. The van der Waals surface area contributed by atoms with E-state index in [1.165, 1.54) is 21.2 Å².